The Morgan fingerprint density at radius 2 is 1.93 bits per heavy atom. The summed E-state index contributed by atoms with van der Waals surface area (Å²) in [6.07, 6.45) is 5.77. The fourth-order valence-corrected chi connectivity index (χ4v) is 3.32. The maximum Gasteiger partial charge on any atom is 0.251 e. The summed E-state index contributed by atoms with van der Waals surface area (Å²) in [7, 11) is 0. The molecule has 1 saturated heterocycles. The lowest BCUT2D eigenvalue weighted by molar-refractivity contribution is -0.124. The smallest absolute Gasteiger partial charge is 0.251 e. The molecule has 0 radical (unpaired) electrons. The topological polar surface area (TPSA) is 83.1 Å². The van der Waals surface area contributed by atoms with Gasteiger partial charge in [-0.05, 0) is 50.1 Å². The van der Waals surface area contributed by atoms with Crippen molar-refractivity contribution in [3.05, 3.63) is 66.0 Å². The summed E-state index contributed by atoms with van der Waals surface area (Å²) >= 11 is 0. The van der Waals surface area contributed by atoms with Crippen LogP contribution in [0, 0.1) is 0 Å². The monoisotopic (exact) mass is 438 g/mol. The van der Waals surface area contributed by atoms with Gasteiger partial charge in [0.15, 0.2) is 0 Å². The van der Waals surface area contributed by atoms with Gasteiger partial charge in [0.05, 0.1) is 0 Å². The summed E-state index contributed by atoms with van der Waals surface area (Å²) in [4.78, 5) is 29.6. The molecule has 0 spiro atoms. The molecule has 1 aromatic carbocycles. The van der Waals surface area contributed by atoms with Gasteiger partial charge >= 0.3 is 0 Å². The molecule has 3 unspecified atom stereocenters. The molecule has 0 bridgehead atoms. The molecule has 3 rings (SSSR count). The van der Waals surface area contributed by atoms with Crippen LogP contribution in [0.4, 0.5) is 0 Å². The molecule has 3 N–H and O–H groups in total. The van der Waals surface area contributed by atoms with E-state index in [9.17, 15) is 9.59 Å². The maximum absolute atomic E-state index is 13.0. The van der Waals surface area contributed by atoms with Crippen molar-refractivity contribution in [1.29, 1.82) is 0 Å². The summed E-state index contributed by atoms with van der Waals surface area (Å²) in [5.41, 5.74) is 1.44. The molecular formula is C21H28Cl2N4O2. The first-order chi connectivity index (χ1) is 13.1. The standard InChI is InChI=1S/C21H26N4O2.2ClH/c1-15-18(10-6-12-23-15)24-21(27)19(13-16-7-5-11-22-14-16)25-20(26)17-8-3-2-4-9-17;;/h2-5,7-9,11,14-15,18-19,23H,6,10,12-13H2,1H3,(H,24,27)(H,25,26);2*1H. The average molecular weight is 439 g/mol. The quantitative estimate of drug-likeness (QED) is 0.646. The summed E-state index contributed by atoms with van der Waals surface area (Å²) in [6.45, 7) is 3.04. The third-order valence-electron chi connectivity index (χ3n) is 4.91. The zero-order valence-corrected chi connectivity index (χ0v) is 18.0. The number of hydrogen-bond acceptors (Lipinski definition) is 4. The Bertz CT molecular complexity index is 762. The van der Waals surface area contributed by atoms with Crippen molar-refractivity contribution in [1.82, 2.24) is 20.9 Å². The highest BCUT2D eigenvalue weighted by Crippen LogP contribution is 2.10. The molecule has 29 heavy (non-hydrogen) atoms. The molecular weight excluding hydrogens is 411 g/mol. The Labute approximate surface area is 184 Å². The molecule has 1 aliphatic heterocycles. The van der Waals surface area contributed by atoms with Crippen LogP contribution in [0.15, 0.2) is 54.9 Å². The van der Waals surface area contributed by atoms with Gasteiger partial charge in [-0.3, -0.25) is 14.6 Å². The molecule has 2 amide bonds. The Kier molecular flexibility index (Phi) is 10.7. The summed E-state index contributed by atoms with van der Waals surface area (Å²) in [5, 5.41) is 9.38. The van der Waals surface area contributed by atoms with Gasteiger partial charge in [-0.2, -0.15) is 0 Å². The fraction of sp³-hybridized carbons (Fsp3) is 0.381. The fourth-order valence-electron chi connectivity index (χ4n) is 3.32. The van der Waals surface area contributed by atoms with Gasteiger partial charge < -0.3 is 16.0 Å². The van der Waals surface area contributed by atoms with Crippen molar-refractivity contribution < 1.29 is 9.59 Å². The van der Waals surface area contributed by atoms with Crippen LogP contribution in [-0.4, -0.2) is 41.5 Å². The van der Waals surface area contributed by atoms with E-state index in [2.05, 4.69) is 27.9 Å². The van der Waals surface area contributed by atoms with Crippen molar-refractivity contribution >= 4 is 36.6 Å². The first kappa shape index (κ1) is 24.9. The van der Waals surface area contributed by atoms with E-state index in [1.165, 1.54) is 0 Å². The SMILES string of the molecule is CC1NCCCC1NC(=O)C(Cc1cccnc1)NC(=O)c1ccccc1.Cl.Cl. The summed E-state index contributed by atoms with van der Waals surface area (Å²) < 4.78 is 0. The van der Waals surface area contributed by atoms with Gasteiger partial charge in [-0.1, -0.05) is 24.3 Å². The molecule has 2 aromatic rings. The van der Waals surface area contributed by atoms with Crippen LogP contribution in [-0.2, 0) is 11.2 Å². The molecule has 2 heterocycles. The van der Waals surface area contributed by atoms with Crippen molar-refractivity contribution in [3.63, 3.8) is 0 Å². The molecule has 1 aromatic heterocycles. The van der Waals surface area contributed by atoms with E-state index >= 15 is 0 Å². The van der Waals surface area contributed by atoms with Crippen LogP contribution in [0.3, 0.4) is 0 Å². The number of pyridine rings is 1. The maximum atomic E-state index is 13.0. The van der Waals surface area contributed by atoms with Crippen LogP contribution in [0.1, 0.15) is 35.7 Å². The van der Waals surface area contributed by atoms with Crippen molar-refractivity contribution in [2.75, 3.05) is 6.54 Å². The van der Waals surface area contributed by atoms with Gasteiger partial charge in [0, 0.05) is 36.5 Å². The zero-order valence-electron chi connectivity index (χ0n) is 16.3. The zero-order chi connectivity index (χ0) is 19.1. The van der Waals surface area contributed by atoms with E-state index in [4.69, 9.17) is 0 Å². The molecule has 1 aliphatic rings. The number of amides is 2. The highest BCUT2D eigenvalue weighted by molar-refractivity contribution is 5.97. The number of nitrogens with one attached hydrogen (secondary N) is 3. The number of halogens is 2. The molecule has 6 nitrogen and oxygen atoms in total. The second-order valence-corrected chi connectivity index (χ2v) is 6.96. The number of aromatic nitrogens is 1. The molecule has 0 saturated carbocycles. The number of carbonyl (C=O) groups excluding carboxylic acids is 2. The van der Waals surface area contributed by atoms with Crippen molar-refractivity contribution in [3.8, 4) is 0 Å². The van der Waals surface area contributed by atoms with Crippen LogP contribution in [0.25, 0.3) is 0 Å². The highest BCUT2D eigenvalue weighted by atomic mass is 35.5. The minimum absolute atomic E-state index is 0. The third-order valence-corrected chi connectivity index (χ3v) is 4.91. The first-order valence-electron chi connectivity index (χ1n) is 9.42. The second-order valence-electron chi connectivity index (χ2n) is 6.96. The number of benzene rings is 1. The van der Waals surface area contributed by atoms with Crippen LogP contribution in [0.5, 0.6) is 0 Å². The summed E-state index contributed by atoms with van der Waals surface area (Å²) in [5.74, 6) is -0.418. The van der Waals surface area contributed by atoms with E-state index in [1.807, 2.05) is 18.2 Å². The van der Waals surface area contributed by atoms with E-state index < -0.39 is 6.04 Å². The first-order valence-corrected chi connectivity index (χ1v) is 9.42. The van der Waals surface area contributed by atoms with Gasteiger partial charge in [0.25, 0.3) is 5.91 Å². The number of hydrogen-bond donors (Lipinski definition) is 3. The molecule has 8 heteroatoms. The van der Waals surface area contributed by atoms with Crippen molar-refractivity contribution in [2.24, 2.45) is 0 Å². The largest absolute Gasteiger partial charge is 0.350 e. The lowest BCUT2D eigenvalue weighted by Crippen LogP contribution is -2.57. The number of nitrogens with zero attached hydrogens (tertiary/aromatic N) is 1. The lowest BCUT2D eigenvalue weighted by atomic mass is 9.98. The minimum Gasteiger partial charge on any atom is -0.350 e. The van der Waals surface area contributed by atoms with Crippen LogP contribution >= 0.6 is 24.8 Å². The normalized spacial score (nSPS) is 19.1. The van der Waals surface area contributed by atoms with Crippen LogP contribution in [0.2, 0.25) is 0 Å². The number of rotatable bonds is 6. The van der Waals surface area contributed by atoms with Crippen LogP contribution < -0.4 is 16.0 Å². The Balaban J connectivity index is 0.00000210. The summed E-state index contributed by atoms with van der Waals surface area (Å²) in [6, 6.07) is 12.3. The van der Waals surface area contributed by atoms with Gasteiger partial charge in [-0.15, -0.1) is 24.8 Å². The van der Waals surface area contributed by atoms with Crippen molar-refractivity contribution in [2.45, 2.75) is 44.3 Å². The minimum atomic E-state index is -0.656. The Hall–Kier alpha value is -2.15. The molecule has 1 fully saturated rings. The second kappa shape index (κ2) is 12.4. The van der Waals surface area contributed by atoms with E-state index in [-0.39, 0.29) is 48.7 Å². The lowest BCUT2D eigenvalue weighted by Gasteiger charge is -2.32. The van der Waals surface area contributed by atoms with Gasteiger partial charge in [0.1, 0.15) is 6.04 Å². The average Bonchev–Trinajstić information content (AvgIpc) is 2.70. The number of piperidine rings is 1. The van der Waals surface area contributed by atoms with Gasteiger partial charge in [0.2, 0.25) is 5.91 Å². The predicted molar refractivity (Wildman–Crippen MR) is 119 cm³/mol. The third kappa shape index (κ3) is 7.31. The molecule has 158 valence electrons. The number of carbonyl (C=O) groups is 2. The Morgan fingerprint density at radius 1 is 1.17 bits per heavy atom. The Morgan fingerprint density at radius 3 is 2.59 bits per heavy atom. The van der Waals surface area contributed by atoms with E-state index in [0.29, 0.717) is 12.0 Å². The molecule has 0 aliphatic carbocycles. The van der Waals surface area contributed by atoms with Gasteiger partial charge in [-0.25, -0.2) is 0 Å². The predicted octanol–water partition coefficient (Wildman–Crippen LogP) is 2.52. The van der Waals surface area contributed by atoms with E-state index in [1.54, 1.807) is 36.7 Å². The molecule has 3 atom stereocenters. The highest BCUT2D eigenvalue weighted by Gasteiger charge is 2.27. The van der Waals surface area contributed by atoms with E-state index in [0.717, 1.165) is 24.9 Å².